The van der Waals surface area contributed by atoms with Crippen LogP contribution in [0.4, 0.5) is 0 Å². The van der Waals surface area contributed by atoms with Crippen LogP contribution in [0, 0.1) is 11.8 Å². The maximum Gasteiger partial charge on any atom is 0.309 e. The van der Waals surface area contributed by atoms with Gasteiger partial charge in [0, 0.05) is 24.5 Å². The highest BCUT2D eigenvalue weighted by Crippen LogP contribution is 2.33. The monoisotopic (exact) mass is 345 g/mol. The van der Waals surface area contributed by atoms with Gasteiger partial charge in [0.1, 0.15) is 0 Å². The lowest BCUT2D eigenvalue weighted by Gasteiger charge is -2.38. The van der Waals surface area contributed by atoms with Crippen LogP contribution in [0.5, 0.6) is 0 Å². The fourth-order valence-corrected chi connectivity index (χ4v) is 4.50. The fourth-order valence-electron chi connectivity index (χ4n) is 3.44. The number of carbonyl (C=O) groups is 1. The first-order valence-electron chi connectivity index (χ1n) is 8.98. The second-order valence-electron chi connectivity index (χ2n) is 7.12. The number of hydrogen-bond acceptors (Lipinski definition) is 3. The van der Waals surface area contributed by atoms with Gasteiger partial charge in [0.15, 0.2) is 0 Å². The summed E-state index contributed by atoms with van der Waals surface area (Å²) in [5.74, 6) is 0.915. The number of nitrogens with zero attached hydrogens (tertiary/aromatic N) is 1. The summed E-state index contributed by atoms with van der Waals surface area (Å²) in [5.41, 5.74) is 4.25. The molecule has 2 aliphatic rings. The third-order valence-corrected chi connectivity index (χ3v) is 6.17. The predicted octanol–water partition coefficient (Wildman–Crippen LogP) is 4.17. The van der Waals surface area contributed by atoms with E-state index < -0.39 is 5.97 Å². The molecule has 1 aromatic rings. The first kappa shape index (κ1) is 17.6. The Morgan fingerprint density at radius 1 is 1.38 bits per heavy atom. The molecule has 24 heavy (non-hydrogen) atoms. The van der Waals surface area contributed by atoms with Crippen LogP contribution in [-0.4, -0.2) is 41.4 Å². The van der Waals surface area contributed by atoms with E-state index in [0.29, 0.717) is 19.0 Å². The molecular formula is C20H27NO2S. The molecule has 1 saturated heterocycles. The summed E-state index contributed by atoms with van der Waals surface area (Å²) in [7, 11) is 0. The van der Waals surface area contributed by atoms with Gasteiger partial charge in [0.25, 0.3) is 0 Å². The molecule has 3 nitrogen and oxygen atoms in total. The van der Waals surface area contributed by atoms with Crippen LogP contribution in [0.2, 0.25) is 0 Å². The minimum absolute atomic E-state index is 0.167. The molecule has 1 N–H and O–H groups in total. The smallest absolute Gasteiger partial charge is 0.309 e. The van der Waals surface area contributed by atoms with E-state index >= 15 is 0 Å². The molecule has 1 atom stereocenters. The van der Waals surface area contributed by atoms with Crippen molar-refractivity contribution in [3.63, 3.8) is 0 Å². The third-order valence-electron chi connectivity index (χ3n) is 5.09. The van der Waals surface area contributed by atoms with Gasteiger partial charge in [-0.1, -0.05) is 38.0 Å². The van der Waals surface area contributed by atoms with Crippen LogP contribution in [0.15, 0.2) is 28.7 Å². The normalized spacial score (nSPS) is 21.1. The average Bonchev–Trinajstić information content (AvgIpc) is 2.50. The molecule has 130 valence electrons. The Bertz CT molecular complexity index is 635. The molecule has 0 radical (unpaired) electrons. The van der Waals surface area contributed by atoms with Crippen LogP contribution in [0.25, 0.3) is 6.08 Å². The number of unbranched alkanes of at least 4 members (excludes halogenated alkanes) is 1. The lowest BCUT2D eigenvalue weighted by atomic mass is 9.83. The first-order valence-corrected chi connectivity index (χ1v) is 9.96. The largest absolute Gasteiger partial charge is 0.481 e. The Kier molecular flexibility index (Phi) is 5.67. The van der Waals surface area contributed by atoms with Crippen LogP contribution >= 0.6 is 11.8 Å². The van der Waals surface area contributed by atoms with Crippen LogP contribution in [-0.2, 0) is 11.2 Å². The fraction of sp³-hybridized carbons (Fsp3) is 0.550. The summed E-state index contributed by atoms with van der Waals surface area (Å²) in [6.07, 6.45) is 5.95. The Labute approximate surface area is 149 Å². The summed E-state index contributed by atoms with van der Waals surface area (Å²) < 4.78 is 0. The maximum atomic E-state index is 10.9. The summed E-state index contributed by atoms with van der Waals surface area (Å²) in [6, 6.07) is 6.86. The second-order valence-corrected chi connectivity index (χ2v) is 8.28. The zero-order valence-electron chi connectivity index (χ0n) is 14.6. The van der Waals surface area contributed by atoms with Crippen molar-refractivity contribution in [3.05, 3.63) is 34.9 Å². The summed E-state index contributed by atoms with van der Waals surface area (Å²) in [4.78, 5) is 14.6. The van der Waals surface area contributed by atoms with Crippen LogP contribution < -0.4 is 0 Å². The van der Waals surface area contributed by atoms with E-state index in [-0.39, 0.29) is 5.92 Å². The molecule has 0 aromatic heterocycles. The van der Waals surface area contributed by atoms with E-state index in [4.69, 9.17) is 5.11 Å². The zero-order valence-corrected chi connectivity index (χ0v) is 15.4. The van der Waals surface area contributed by atoms with Crippen molar-refractivity contribution in [1.29, 1.82) is 0 Å². The molecule has 0 amide bonds. The van der Waals surface area contributed by atoms with E-state index in [1.807, 2.05) is 11.8 Å². The van der Waals surface area contributed by atoms with Gasteiger partial charge in [-0.15, -0.1) is 11.8 Å². The van der Waals surface area contributed by atoms with Gasteiger partial charge in [-0.2, -0.15) is 0 Å². The summed E-state index contributed by atoms with van der Waals surface area (Å²) >= 11 is 1.96. The molecule has 0 unspecified atom stereocenters. The topological polar surface area (TPSA) is 40.5 Å². The number of likely N-dealkylation sites (tertiary alicyclic amines) is 1. The summed E-state index contributed by atoms with van der Waals surface area (Å²) in [5, 5.41) is 9.00. The highest BCUT2D eigenvalue weighted by Gasteiger charge is 2.33. The Morgan fingerprint density at radius 3 is 2.88 bits per heavy atom. The van der Waals surface area contributed by atoms with Gasteiger partial charge in [0.05, 0.1) is 5.92 Å². The molecule has 0 bridgehead atoms. The lowest BCUT2D eigenvalue weighted by molar-refractivity contribution is -0.147. The van der Waals surface area contributed by atoms with Crippen molar-refractivity contribution in [2.45, 2.75) is 38.0 Å². The number of carboxylic acids is 1. The minimum atomic E-state index is -0.657. The molecule has 3 rings (SSSR count). The predicted molar refractivity (Wildman–Crippen MR) is 100 cm³/mol. The molecular weight excluding hydrogens is 318 g/mol. The van der Waals surface area contributed by atoms with Crippen LogP contribution in [0.1, 0.15) is 37.8 Å². The van der Waals surface area contributed by atoms with Gasteiger partial charge in [-0.25, -0.2) is 0 Å². The second kappa shape index (κ2) is 7.75. The summed E-state index contributed by atoms with van der Waals surface area (Å²) in [6.45, 7) is 6.83. The number of aliphatic carboxylic acids is 1. The van der Waals surface area contributed by atoms with Crippen molar-refractivity contribution < 1.29 is 9.90 Å². The SMILES string of the molecule is CCCCSc1ccc2c(c1)C[C@@H](C)C(CN1CC(C(=O)O)C1)=C2. The number of fused-ring (bicyclic) bond motifs is 1. The maximum absolute atomic E-state index is 10.9. The number of rotatable bonds is 7. The first-order chi connectivity index (χ1) is 11.6. The van der Waals surface area contributed by atoms with E-state index in [1.165, 1.54) is 40.2 Å². The van der Waals surface area contributed by atoms with Gasteiger partial charge in [-0.3, -0.25) is 9.69 Å². The molecule has 1 heterocycles. The number of hydrogen-bond donors (Lipinski definition) is 1. The highest BCUT2D eigenvalue weighted by atomic mass is 32.2. The Balaban J connectivity index is 1.63. The minimum Gasteiger partial charge on any atom is -0.481 e. The molecule has 1 aromatic carbocycles. The van der Waals surface area contributed by atoms with Crippen molar-refractivity contribution in [3.8, 4) is 0 Å². The van der Waals surface area contributed by atoms with Gasteiger partial charge < -0.3 is 5.11 Å². The Hall–Kier alpha value is -1.26. The molecule has 4 heteroatoms. The van der Waals surface area contributed by atoms with Gasteiger partial charge in [0.2, 0.25) is 0 Å². The van der Waals surface area contributed by atoms with E-state index in [2.05, 4.69) is 43.0 Å². The van der Waals surface area contributed by atoms with Crippen molar-refractivity contribution in [2.75, 3.05) is 25.4 Å². The zero-order chi connectivity index (χ0) is 17.1. The third kappa shape index (κ3) is 4.04. The molecule has 0 spiro atoms. The van der Waals surface area contributed by atoms with Gasteiger partial charge in [-0.05, 0) is 47.8 Å². The van der Waals surface area contributed by atoms with E-state index in [0.717, 1.165) is 13.0 Å². The molecule has 1 aliphatic heterocycles. The van der Waals surface area contributed by atoms with E-state index in [9.17, 15) is 4.79 Å². The number of thioether (sulfide) groups is 1. The van der Waals surface area contributed by atoms with Crippen molar-refractivity contribution in [2.24, 2.45) is 11.8 Å². The van der Waals surface area contributed by atoms with E-state index in [1.54, 1.807) is 0 Å². The van der Waals surface area contributed by atoms with Gasteiger partial charge >= 0.3 is 5.97 Å². The van der Waals surface area contributed by atoms with Crippen LogP contribution in [0.3, 0.4) is 0 Å². The number of benzene rings is 1. The number of carboxylic acid groups (broad SMARTS) is 1. The molecule has 1 fully saturated rings. The van der Waals surface area contributed by atoms with Crippen molar-refractivity contribution in [1.82, 2.24) is 4.90 Å². The average molecular weight is 346 g/mol. The highest BCUT2D eigenvalue weighted by molar-refractivity contribution is 7.99. The lowest BCUT2D eigenvalue weighted by Crippen LogP contribution is -2.51. The Morgan fingerprint density at radius 2 is 2.17 bits per heavy atom. The standard InChI is InChI=1S/C20H27NO2S/c1-3-4-7-24-19-6-5-15-9-17(14(2)8-16(15)10-19)11-21-12-18(13-21)20(22)23/h5-6,9-10,14,18H,3-4,7-8,11-13H2,1-2H3,(H,22,23)/t14-/m1/s1. The molecule has 0 saturated carbocycles. The quantitative estimate of drug-likeness (QED) is 0.595. The molecule has 1 aliphatic carbocycles. The van der Waals surface area contributed by atoms with Crippen molar-refractivity contribution >= 4 is 23.8 Å².